The summed E-state index contributed by atoms with van der Waals surface area (Å²) in [5.41, 5.74) is 0.678. The van der Waals surface area contributed by atoms with E-state index in [0.29, 0.717) is 11.5 Å². The van der Waals surface area contributed by atoms with Crippen molar-refractivity contribution in [3.63, 3.8) is 0 Å². The van der Waals surface area contributed by atoms with Crippen molar-refractivity contribution in [1.82, 2.24) is 9.97 Å². The number of anilines is 2. The van der Waals surface area contributed by atoms with Gasteiger partial charge in [-0.2, -0.15) is 0 Å². The first-order valence-corrected chi connectivity index (χ1v) is 5.15. The van der Waals surface area contributed by atoms with Crippen LogP contribution >= 0.6 is 0 Å². The van der Waals surface area contributed by atoms with Gasteiger partial charge < -0.3 is 10.4 Å². The molecule has 0 aliphatic carbocycles. The third-order valence-electron chi connectivity index (χ3n) is 2.35. The van der Waals surface area contributed by atoms with Crippen LogP contribution in [0.4, 0.5) is 15.9 Å². The SMILES string of the molecule is Cc1nccnc1Nc1ccc(C(=O)O)cc1F. The number of carboxylic acid groups (broad SMARTS) is 1. The standard InChI is InChI=1S/C12H10FN3O2/c1-7-11(15-5-4-14-7)16-10-3-2-8(12(17)18)6-9(10)13/h2-6H,1H3,(H,15,16)(H,17,18). The van der Waals surface area contributed by atoms with Crippen molar-refractivity contribution in [1.29, 1.82) is 0 Å². The van der Waals surface area contributed by atoms with Gasteiger partial charge in [-0.1, -0.05) is 0 Å². The molecule has 0 atom stereocenters. The minimum Gasteiger partial charge on any atom is -0.478 e. The number of halogens is 1. The van der Waals surface area contributed by atoms with E-state index in [0.717, 1.165) is 6.07 Å². The van der Waals surface area contributed by atoms with Gasteiger partial charge in [0.15, 0.2) is 5.82 Å². The Hall–Kier alpha value is -2.50. The molecule has 1 aromatic heterocycles. The Morgan fingerprint density at radius 1 is 1.33 bits per heavy atom. The molecule has 2 aromatic rings. The number of carboxylic acids is 1. The van der Waals surface area contributed by atoms with Crippen molar-refractivity contribution in [3.05, 3.63) is 47.7 Å². The number of aromatic nitrogens is 2. The molecule has 0 spiro atoms. The zero-order valence-corrected chi connectivity index (χ0v) is 9.51. The summed E-state index contributed by atoms with van der Waals surface area (Å²) in [6, 6.07) is 3.63. The van der Waals surface area contributed by atoms with Crippen LogP contribution in [0.5, 0.6) is 0 Å². The first-order valence-electron chi connectivity index (χ1n) is 5.15. The molecule has 5 nitrogen and oxygen atoms in total. The van der Waals surface area contributed by atoms with Gasteiger partial charge in [0.1, 0.15) is 5.82 Å². The molecule has 2 rings (SSSR count). The third-order valence-corrected chi connectivity index (χ3v) is 2.35. The maximum atomic E-state index is 13.7. The van der Waals surface area contributed by atoms with Gasteiger partial charge in [-0.05, 0) is 25.1 Å². The highest BCUT2D eigenvalue weighted by atomic mass is 19.1. The Balaban J connectivity index is 2.30. The van der Waals surface area contributed by atoms with Crippen LogP contribution in [0.15, 0.2) is 30.6 Å². The highest BCUT2D eigenvalue weighted by Crippen LogP contribution is 2.20. The Kier molecular flexibility index (Phi) is 3.18. The number of hydrogen-bond acceptors (Lipinski definition) is 4. The van der Waals surface area contributed by atoms with E-state index in [1.54, 1.807) is 6.92 Å². The molecule has 0 fully saturated rings. The van der Waals surface area contributed by atoms with Crippen molar-refractivity contribution in [2.45, 2.75) is 6.92 Å². The fraction of sp³-hybridized carbons (Fsp3) is 0.0833. The summed E-state index contributed by atoms with van der Waals surface area (Å²) in [4.78, 5) is 18.7. The van der Waals surface area contributed by atoms with E-state index in [1.165, 1.54) is 24.5 Å². The number of carbonyl (C=O) groups is 1. The molecule has 0 aliphatic rings. The van der Waals surface area contributed by atoms with Crippen molar-refractivity contribution < 1.29 is 14.3 Å². The van der Waals surface area contributed by atoms with E-state index in [-0.39, 0.29) is 11.3 Å². The van der Waals surface area contributed by atoms with E-state index < -0.39 is 11.8 Å². The molecule has 0 radical (unpaired) electrons. The fourth-order valence-corrected chi connectivity index (χ4v) is 1.41. The smallest absolute Gasteiger partial charge is 0.335 e. The van der Waals surface area contributed by atoms with Crippen LogP contribution in [0.3, 0.4) is 0 Å². The van der Waals surface area contributed by atoms with Gasteiger partial charge in [0.05, 0.1) is 16.9 Å². The number of rotatable bonds is 3. The van der Waals surface area contributed by atoms with Gasteiger partial charge in [-0.3, -0.25) is 4.98 Å². The first-order chi connectivity index (χ1) is 8.58. The van der Waals surface area contributed by atoms with Crippen molar-refractivity contribution in [2.24, 2.45) is 0 Å². The van der Waals surface area contributed by atoms with Gasteiger partial charge in [-0.25, -0.2) is 14.2 Å². The van der Waals surface area contributed by atoms with Crippen LogP contribution in [-0.2, 0) is 0 Å². The van der Waals surface area contributed by atoms with E-state index in [9.17, 15) is 9.18 Å². The van der Waals surface area contributed by atoms with Crippen LogP contribution in [0.2, 0.25) is 0 Å². The van der Waals surface area contributed by atoms with E-state index in [4.69, 9.17) is 5.11 Å². The second kappa shape index (κ2) is 4.79. The van der Waals surface area contributed by atoms with Crippen LogP contribution in [0.25, 0.3) is 0 Å². The van der Waals surface area contributed by atoms with Crippen molar-refractivity contribution >= 4 is 17.5 Å². The topological polar surface area (TPSA) is 75.1 Å². The average molecular weight is 247 g/mol. The van der Waals surface area contributed by atoms with Gasteiger partial charge >= 0.3 is 5.97 Å². The maximum Gasteiger partial charge on any atom is 0.335 e. The fourth-order valence-electron chi connectivity index (χ4n) is 1.41. The second-order valence-corrected chi connectivity index (χ2v) is 3.62. The lowest BCUT2D eigenvalue weighted by Crippen LogP contribution is -2.02. The lowest BCUT2D eigenvalue weighted by atomic mass is 10.2. The average Bonchev–Trinajstić information content (AvgIpc) is 2.34. The molecule has 0 aliphatic heterocycles. The van der Waals surface area contributed by atoms with Crippen molar-refractivity contribution in [2.75, 3.05) is 5.32 Å². The quantitative estimate of drug-likeness (QED) is 0.870. The first kappa shape index (κ1) is 12.0. The second-order valence-electron chi connectivity index (χ2n) is 3.62. The zero-order chi connectivity index (χ0) is 13.1. The van der Waals surface area contributed by atoms with E-state index in [1.807, 2.05) is 0 Å². The normalized spacial score (nSPS) is 10.1. The molecule has 2 N–H and O–H groups in total. The number of hydrogen-bond donors (Lipinski definition) is 2. The molecule has 0 saturated carbocycles. The summed E-state index contributed by atoms with van der Waals surface area (Å²) in [6.07, 6.45) is 3.02. The molecule has 6 heteroatoms. The minimum atomic E-state index is -1.17. The lowest BCUT2D eigenvalue weighted by molar-refractivity contribution is 0.0696. The predicted molar refractivity (Wildman–Crippen MR) is 63.4 cm³/mol. The predicted octanol–water partition coefficient (Wildman–Crippen LogP) is 2.37. The van der Waals surface area contributed by atoms with E-state index in [2.05, 4.69) is 15.3 Å². The third kappa shape index (κ3) is 2.42. The largest absolute Gasteiger partial charge is 0.478 e. The minimum absolute atomic E-state index is 0.103. The number of aromatic carboxylic acids is 1. The molecule has 0 unspecified atom stereocenters. The number of nitrogens with zero attached hydrogens (tertiary/aromatic N) is 2. The van der Waals surface area contributed by atoms with Gasteiger partial charge in [0, 0.05) is 12.4 Å². The molecule has 92 valence electrons. The van der Waals surface area contributed by atoms with Crippen molar-refractivity contribution in [3.8, 4) is 0 Å². The molecule has 1 aromatic carbocycles. The molecular weight excluding hydrogens is 237 g/mol. The maximum absolute atomic E-state index is 13.7. The summed E-state index contributed by atoms with van der Waals surface area (Å²) >= 11 is 0. The highest BCUT2D eigenvalue weighted by Gasteiger charge is 2.09. The Morgan fingerprint density at radius 3 is 2.67 bits per heavy atom. The van der Waals surface area contributed by atoms with Gasteiger partial charge in [-0.15, -0.1) is 0 Å². The summed E-state index contributed by atoms with van der Waals surface area (Å²) in [7, 11) is 0. The molecule has 0 amide bonds. The van der Waals surface area contributed by atoms with Crippen LogP contribution < -0.4 is 5.32 Å². The monoisotopic (exact) mass is 247 g/mol. The van der Waals surface area contributed by atoms with Crippen LogP contribution in [-0.4, -0.2) is 21.0 Å². The molecule has 0 saturated heterocycles. The highest BCUT2D eigenvalue weighted by molar-refractivity contribution is 5.88. The summed E-state index contributed by atoms with van der Waals surface area (Å²) < 4.78 is 13.7. The van der Waals surface area contributed by atoms with Gasteiger partial charge in [0.2, 0.25) is 0 Å². The summed E-state index contributed by atoms with van der Waals surface area (Å²) in [5.74, 6) is -1.39. The molecular formula is C12H10FN3O2. The number of aryl methyl sites for hydroxylation is 1. The number of benzene rings is 1. The molecule has 18 heavy (non-hydrogen) atoms. The lowest BCUT2D eigenvalue weighted by Gasteiger charge is -2.08. The van der Waals surface area contributed by atoms with Crippen LogP contribution in [0.1, 0.15) is 16.1 Å². The summed E-state index contributed by atoms with van der Waals surface area (Å²) in [5, 5.41) is 11.5. The summed E-state index contributed by atoms with van der Waals surface area (Å²) in [6.45, 7) is 1.73. The van der Waals surface area contributed by atoms with Crippen LogP contribution in [0, 0.1) is 12.7 Å². The zero-order valence-electron chi connectivity index (χ0n) is 9.51. The van der Waals surface area contributed by atoms with E-state index >= 15 is 0 Å². The Labute approximate surface area is 102 Å². The molecule has 1 heterocycles. The molecule has 0 bridgehead atoms. The Bertz CT molecular complexity index is 602. The van der Waals surface area contributed by atoms with Gasteiger partial charge in [0.25, 0.3) is 0 Å². The number of nitrogens with one attached hydrogen (secondary N) is 1. The Morgan fingerprint density at radius 2 is 2.06 bits per heavy atom.